The topological polar surface area (TPSA) is 60.7 Å². The number of benzene rings is 2. The highest BCUT2D eigenvalue weighted by Crippen LogP contribution is 2.27. The van der Waals surface area contributed by atoms with Gasteiger partial charge in [-0.2, -0.15) is 0 Å². The first kappa shape index (κ1) is 16.6. The summed E-state index contributed by atoms with van der Waals surface area (Å²) in [5.74, 6) is 1.73. The van der Waals surface area contributed by atoms with Crippen molar-refractivity contribution in [1.29, 1.82) is 0 Å². The van der Waals surface area contributed by atoms with Crippen molar-refractivity contribution < 1.29 is 18.7 Å². The number of nitrogens with one attached hydrogen (secondary N) is 1. The fourth-order valence-electron chi connectivity index (χ4n) is 2.48. The number of hydrogen-bond donors (Lipinski definition) is 1. The van der Waals surface area contributed by atoms with E-state index in [0.29, 0.717) is 23.8 Å². The highest BCUT2D eigenvalue weighted by molar-refractivity contribution is 5.92. The van der Waals surface area contributed by atoms with Gasteiger partial charge in [0, 0.05) is 18.0 Å². The van der Waals surface area contributed by atoms with Crippen LogP contribution < -0.4 is 14.8 Å². The number of amides is 1. The molecule has 0 unspecified atom stereocenters. The zero-order valence-corrected chi connectivity index (χ0v) is 14.1. The van der Waals surface area contributed by atoms with Gasteiger partial charge in [-0.25, -0.2) is 0 Å². The molecule has 0 saturated carbocycles. The minimum Gasteiger partial charge on any atom is -0.493 e. The highest BCUT2D eigenvalue weighted by Gasteiger charge is 2.05. The molecule has 25 heavy (non-hydrogen) atoms. The fraction of sp³-hybridized carbons (Fsp3) is 0.150. The van der Waals surface area contributed by atoms with Gasteiger partial charge in [0.2, 0.25) is 5.91 Å². The van der Waals surface area contributed by atoms with Crippen LogP contribution in [0.25, 0.3) is 17.0 Å². The number of fused-ring (bicyclic) bond motifs is 1. The van der Waals surface area contributed by atoms with Crippen LogP contribution in [0.3, 0.4) is 0 Å². The van der Waals surface area contributed by atoms with E-state index in [2.05, 4.69) is 5.32 Å². The monoisotopic (exact) mass is 337 g/mol. The average molecular weight is 337 g/mol. The van der Waals surface area contributed by atoms with Crippen LogP contribution in [-0.4, -0.2) is 20.1 Å². The first-order valence-electron chi connectivity index (χ1n) is 7.85. The molecule has 1 amide bonds. The largest absolute Gasteiger partial charge is 0.493 e. The molecule has 3 aromatic rings. The number of furan rings is 1. The zero-order valence-electron chi connectivity index (χ0n) is 14.1. The predicted molar refractivity (Wildman–Crippen MR) is 96.6 cm³/mol. The molecular weight excluding hydrogens is 318 g/mol. The maximum atomic E-state index is 12.0. The van der Waals surface area contributed by atoms with E-state index in [-0.39, 0.29) is 5.91 Å². The molecule has 0 aliphatic carbocycles. The molecule has 5 nitrogen and oxygen atoms in total. The van der Waals surface area contributed by atoms with Crippen LogP contribution in [0.5, 0.6) is 11.5 Å². The molecule has 2 aromatic carbocycles. The number of ether oxygens (including phenoxy) is 2. The Bertz CT molecular complexity index is 878. The zero-order chi connectivity index (χ0) is 17.6. The molecule has 5 heteroatoms. The van der Waals surface area contributed by atoms with Gasteiger partial charge in [0.25, 0.3) is 0 Å². The van der Waals surface area contributed by atoms with Crippen LogP contribution in [0, 0.1) is 0 Å². The molecule has 0 fully saturated rings. The molecule has 3 rings (SSSR count). The molecule has 1 heterocycles. The summed E-state index contributed by atoms with van der Waals surface area (Å²) in [7, 11) is 3.17. The lowest BCUT2D eigenvalue weighted by Crippen LogP contribution is -2.20. The third-order valence-electron chi connectivity index (χ3n) is 3.76. The molecule has 1 N–H and O–H groups in total. The predicted octanol–water partition coefficient (Wildman–Crippen LogP) is 3.78. The standard InChI is InChI=1S/C20H19NO4/c1-23-18-9-7-14(11-19(18)24-2)13-21-20(22)10-8-16-12-15-5-3-4-6-17(15)25-16/h3-12H,13H2,1-2H3,(H,21,22)/b10-8+. The fourth-order valence-corrected chi connectivity index (χ4v) is 2.48. The van der Waals surface area contributed by atoms with Crippen molar-refractivity contribution in [3.05, 3.63) is 65.9 Å². The minimum atomic E-state index is -0.199. The van der Waals surface area contributed by atoms with Crippen molar-refractivity contribution in [3.63, 3.8) is 0 Å². The number of methoxy groups -OCH3 is 2. The van der Waals surface area contributed by atoms with E-state index in [1.807, 2.05) is 48.5 Å². The molecular formula is C20H19NO4. The average Bonchev–Trinajstić information content (AvgIpc) is 3.07. The summed E-state index contributed by atoms with van der Waals surface area (Å²) in [6.45, 7) is 0.393. The Hall–Kier alpha value is -3.21. The third kappa shape index (κ3) is 4.01. The molecule has 0 radical (unpaired) electrons. The molecule has 0 aliphatic rings. The molecule has 0 bridgehead atoms. The van der Waals surface area contributed by atoms with E-state index in [4.69, 9.17) is 13.9 Å². The Morgan fingerprint density at radius 1 is 1.08 bits per heavy atom. The smallest absolute Gasteiger partial charge is 0.244 e. The van der Waals surface area contributed by atoms with Crippen molar-refractivity contribution in [3.8, 4) is 11.5 Å². The first-order valence-corrected chi connectivity index (χ1v) is 7.85. The number of para-hydroxylation sites is 1. The lowest BCUT2D eigenvalue weighted by atomic mass is 10.2. The minimum absolute atomic E-state index is 0.199. The highest BCUT2D eigenvalue weighted by atomic mass is 16.5. The normalized spacial score (nSPS) is 11.0. The lowest BCUT2D eigenvalue weighted by Gasteiger charge is -2.09. The van der Waals surface area contributed by atoms with Gasteiger partial charge in [-0.1, -0.05) is 24.3 Å². The maximum absolute atomic E-state index is 12.0. The summed E-state index contributed by atoms with van der Waals surface area (Å²) in [6, 6.07) is 15.1. The summed E-state index contributed by atoms with van der Waals surface area (Å²) in [5, 5.41) is 3.84. The number of hydrogen-bond acceptors (Lipinski definition) is 4. The van der Waals surface area contributed by atoms with Crippen LogP contribution in [0.2, 0.25) is 0 Å². The Kier molecular flexibility index (Phi) is 5.04. The van der Waals surface area contributed by atoms with E-state index in [0.717, 1.165) is 16.5 Å². The molecule has 0 aliphatic heterocycles. The van der Waals surface area contributed by atoms with Gasteiger partial charge < -0.3 is 19.2 Å². The number of rotatable bonds is 6. The van der Waals surface area contributed by atoms with Crippen molar-refractivity contribution in [2.75, 3.05) is 14.2 Å². The van der Waals surface area contributed by atoms with Gasteiger partial charge in [0.15, 0.2) is 11.5 Å². The van der Waals surface area contributed by atoms with Crippen LogP contribution in [0.1, 0.15) is 11.3 Å². The van der Waals surface area contributed by atoms with E-state index >= 15 is 0 Å². The second-order valence-electron chi connectivity index (χ2n) is 5.43. The van der Waals surface area contributed by atoms with E-state index in [1.54, 1.807) is 20.3 Å². The first-order chi connectivity index (χ1) is 12.2. The number of carbonyl (C=O) groups excluding carboxylic acids is 1. The van der Waals surface area contributed by atoms with Crippen molar-refractivity contribution in [2.24, 2.45) is 0 Å². The van der Waals surface area contributed by atoms with Gasteiger partial charge in [-0.15, -0.1) is 0 Å². The summed E-state index contributed by atoms with van der Waals surface area (Å²) in [6.07, 6.45) is 3.11. The summed E-state index contributed by atoms with van der Waals surface area (Å²) >= 11 is 0. The van der Waals surface area contributed by atoms with E-state index in [1.165, 1.54) is 6.08 Å². The van der Waals surface area contributed by atoms with Crippen molar-refractivity contribution in [2.45, 2.75) is 6.54 Å². The van der Waals surface area contributed by atoms with Crippen LogP contribution in [-0.2, 0) is 11.3 Å². The molecule has 0 spiro atoms. The molecule has 128 valence electrons. The lowest BCUT2D eigenvalue weighted by molar-refractivity contribution is -0.116. The Morgan fingerprint density at radius 3 is 2.64 bits per heavy atom. The van der Waals surface area contributed by atoms with Gasteiger partial charge in [-0.3, -0.25) is 4.79 Å². The van der Waals surface area contributed by atoms with Crippen LogP contribution in [0.15, 0.2) is 59.0 Å². The van der Waals surface area contributed by atoms with Gasteiger partial charge >= 0.3 is 0 Å². The molecule has 1 aromatic heterocycles. The van der Waals surface area contributed by atoms with Gasteiger partial charge in [0.05, 0.1) is 14.2 Å². The Labute approximate surface area is 145 Å². The SMILES string of the molecule is COc1ccc(CNC(=O)/C=C/c2cc3ccccc3o2)cc1OC. The summed E-state index contributed by atoms with van der Waals surface area (Å²) in [4.78, 5) is 12.0. The van der Waals surface area contributed by atoms with E-state index < -0.39 is 0 Å². The quantitative estimate of drug-likeness (QED) is 0.696. The van der Waals surface area contributed by atoms with E-state index in [9.17, 15) is 4.79 Å². The summed E-state index contributed by atoms with van der Waals surface area (Å²) < 4.78 is 16.1. The third-order valence-corrected chi connectivity index (χ3v) is 3.76. The maximum Gasteiger partial charge on any atom is 0.244 e. The molecule has 0 saturated heterocycles. The van der Waals surface area contributed by atoms with Crippen LogP contribution in [0.4, 0.5) is 0 Å². The Morgan fingerprint density at radius 2 is 1.88 bits per heavy atom. The van der Waals surface area contributed by atoms with Crippen molar-refractivity contribution >= 4 is 23.0 Å². The number of carbonyl (C=O) groups is 1. The second kappa shape index (κ2) is 7.57. The van der Waals surface area contributed by atoms with Crippen molar-refractivity contribution in [1.82, 2.24) is 5.32 Å². The Balaban J connectivity index is 1.60. The second-order valence-corrected chi connectivity index (χ2v) is 5.43. The molecule has 0 atom stereocenters. The van der Waals surface area contributed by atoms with Crippen LogP contribution >= 0.6 is 0 Å². The summed E-state index contributed by atoms with van der Waals surface area (Å²) in [5.41, 5.74) is 1.72. The van der Waals surface area contributed by atoms with Gasteiger partial charge in [-0.05, 0) is 35.9 Å². The van der Waals surface area contributed by atoms with Gasteiger partial charge in [0.1, 0.15) is 11.3 Å².